The molecule has 1 unspecified atom stereocenters. The summed E-state index contributed by atoms with van der Waals surface area (Å²) in [7, 11) is 0. The van der Waals surface area contributed by atoms with Crippen LogP contribution in [-0.2, 0) is 6.42 Å². The van der Waals surface area contributed by atoms with E-state index in [1.807, 2.05) is 0 Å². The van der Waals surface area contributed by atoms with E-state index in [0.717, 1.165) is 31.4 Å². The number of nitrogens with zero attached hydrogens (tertiary/aromatic N) is 1. The number of nitrogens with one attached hydrogen (secondary N) is 1. The number of hydrogen-bond acceptors (Lipinski definition) is 3. The molecule has 0 saturated carbocycles. The molecule has 0 aliphatic carbocycles. The highest BCUT2D eigenvalue weighted by Gasteiger charge is 2.12. The quantitative estimate of drug-likeness (QED) is 0.829. The van der Waals surface area contributed by atoms with Gasteiger partial charge in [-0.3, -0.25) is 4.98 Å². The van der Waals surface area contributed by atoms with Crippen molar-refractivity contribution in [2.75, 3.05) is 6.54 Å². The van der Waals surface area contributed by atoms with Gasteiger partial charge >= 0.3 is 0 Å². The maximum absolute atomic E-state index is 13.3. The van der Waals surface area contributed by atoms with Gasteiger partial charge in [-0.1, -0.05) is 13.0 Å². The van der Waals surface area contributed by atoms with Crippen LogP contribution in [0.2, 0.25) is 0 Å². The van der Waals surface area contributed by atoms with Crippen molar-refractivity contribution in [3.8, 4) is 0 Å². The molecule has 4 heteroatoms. The van der Waals surface area contributed by atoms with Crippen LogP contribution in [0.25, 0.3) is 0 Å². The van der Waals surface area contributed by atoms with Crippen LogP contribution in [-0.4, -0.2) is 11.5 Å². The largest absolute Gasteiger partial charge is 0.310 e. The average molecular weight is 278 g/mol. The summed E-state index contributed by atoms with van der Waals surface area (Å²) in [5, 5.41) is 5.56. The van der Waals surface area contributed by atoms with E-state index < -0.39 is 0 Å². The lowest BCUT2D eigenvalue weighted by atomic mass is 10.0. The number of thiophene rings is 1. The molecule has 2 aromatic heterocycles. The van der Waals surface area contributed by atoms with Crippen molar-refractivity contribution in [3.63, 3.8) is 0 Å². The molecule has 1 N–H and O–H groups in total. The number of pyridine rings is 1. The van der Waals surface area contributed by atoms with Gasteiger partial charge in [-0.05, 0) is 48.9 Å². The zero-order valence-electron chi connectivity index (χ0n) is 11.1. The molecule has 1 atom stereocenters. The fourth-order valence-corrected chi connectivity index (χ4v) is 2.79. The van der Waals surface area contributed by atoms with E-state index in [4.69, 9.17) is 0 Å². The van der Waals surface area contributed by atoms with Crippen molar-refractivity contribution in [2.45, 2.75) is 32.2 Å². The summed E-state index contributed by atoms with van der Waals surface area (Å²) in [5.74, 6) is -0.267. The first-order chi connectivity index (χ1) is 9.29. The second-order valence-electron chi connectivity index (χ2n) is 4.56. The number of aromatic nitrogens is 1. The number of aryl methyl sites for hydroxylation is 1. The maximum Gasteiger partial charge on any atom is 0.141 e. The van der Waals surface area contributed by atoms with Crippen molar-refractivity contribution in [1.29, 1.82) is 0 Å². The summed E-state index contributed by atoms with van der Waals surface area (Å²) >= 11 is 1.77. The maximum atomic E-state index is 13.3. The van der Waals surface area contributed by atoms with Crippen molar-refractivity contribution >= 4 is 11.3 Å². The Bertz CT molecular complexity index is 485. The fourth-order valence-electron chi connectivity index (χ4n) is 2.07. The lowest BCUT2D eigenvalue weighted by molar-refractivity contribution is 0.495. The topological polar surface area (TPSA) is 24.9 Å². The van der Waals surface area contributed by atoms with Gasteiger partial charge < -0.3 is 5.32 Å². The predicted octanol–water partition coefficient (Wildman–Crippen LogP) is 3.96. The minimum atomic E-state index is -0.267. The number of rotatable bonds is 7. The third-order valence-corrected chi connectivity index (χ3v) is 3.96. The Hall–Kier alpha value is -1.26. The van der Waals surface area contributed by atoms with Gasteiger partial charge in [0.05, 0.1) is 6.20 Å². The van der Waals surface area contributed by atoms with Crippen LogP contribution >= 0.6 is 11.3 Å². The Labute approximate surface area is 117 Å². The zero-order chi connectivity index (χ0) is 13.5. The van der Waals surface area contributed by atoms with Gasteiger partial charge in [0.1, 0.15) is 5.82 Å². The Morgan fingerprint density at radius 3 is 3.00 bits per heavy atom. The van der Waals surface area contributed by atoms with Gasteiger partial charge in [-0.15, -0.1) is 11.3 Å². The second kappa shape index (κ2) is 7.36. The molecule has 0 fully saturated rings. The molecule has 0 aliphatic heterocycles. The Kier molecular flexibility index (Phi) is 5.48. The SMILES string of the molecule is CCCNC(CCc1cccs1)c1cncc(F)c1. The Morgan fingerprint density at radius 2 is 2.32 bits per heavy atom. The van der Waals surface area contributed by atoms with Crippen molar-refractivity contribution < 1.29 is 4.39 Å². The van der Waals surface area contributed by atoms with Crippen LogP contribution in [0.5, 0.6) is 0 Å². The van der Waals surface area contributed by atoms with Gasteiger partial charge in [-0.25, -0.2) is 4.39 Å². The highest BCUT2D eigenvalue weighted by Crippen LogP contribution is 2.21. The zero-order valence-corrected chi connectivity index (χ0v) is 11.9. The van der Waals surface area contributed by atoms with Crippen LogP contribution in [0.3, 0.4) is 0 Å². The van der Waals surface area contributed by atoms with E-state index in [1.54, 1.807) is 23.6 Å². The van der Waals surface area contributed by atoms with Gasteiger partial charge in [0, 0.05) is 17.1 Å². The monoisotopic (exact) mass is 278 g/mol. The summed E-state index contributed by atoms with van der Waals surface area (Å²) in [6.45, 7) is 3.07. The smallest absolute Gasteiger partial charge is 0.141 e. The van der Waals surface area contributed by atoms with Gasteiger partial charge in [0.25, 0.3) is 0 Å². The summed E-state index contributed by atoms with van der Waals surface area (Å²) in [6, 6.07) is 5.96. The summed E-state index contributed by atoms with van der Waals surface area (Å²) in [5.41, 5.74) is 0.935. The number of halogens is 1. The highest BCUT2D eigenvalue weighted by molar-refractivity contribution is 7.09. The fraction of sp³-hybridized carbons (Fsp3) is 0.400. The summed E-state index contributed by atoms with van der Waals surface area (Å²) < 4.78 is 13.3. The third-order valence-electron chi connectivity index (χ3n) is 3.03. The molecular formula is C15H19FN2S. The van der Waals surface area contributed by atoms with Gasteiger partial charge in [0.15, 0.2) is 0 Å². The van der Waals surface area contributed by atoms with Crippen LogP contribution < -0.4 is 5.32 Å². The molecule has 2 heterocycles. The molecule has 0 aromatic carbocycles. The molecule has 19 heavy (non-hydrogen) atoms. The Balaban J connectivity index is 2.02. The average Bonchev–Trinajstić information content (AvgIpc) is 2.92. The van der Waals surface area contributed by atoms with E-state index in [-0.39, 0.29) is 11.9 Å². The molecule has 0 saturated heterocycles. The molecule has 2 nitrogen and oxygen atoms in total. The third kappa shape index (κ3) is 4.40. The molecular weight excluding hydrogens is 259 g/mol. The standard InChI is InChI=1S/C15H19FN2S/c1-2-7-18-15(6-5-14-4-3-8-19-14)12-9-13(16)11-17-10-12/h3-4,8-11,15,18H,2,5-7H2,1H3. The minimum Gasteiger partial charge on any atom is -0.310 e. The molecule has 102 valence electrons. The van der Waals surface area contributed by atoms with Gasteiger partial charge in [-0.2, -0.15) is 0 Å². The Morgan fingerprint density at radius 1 is 1.42 bits per heavy atom. The van der Waals surface area contributed by atoms with Crippen LogP contribution in [0.4, 0.5) is 4.39 Å². The van der Waals surface area contributed by atoms with Gasteiger partial charge in [0.2, 0.25) is 0 Å². The first kappa shape index (κ1) is 14.2. The van der Waals surface area contributed by atoms with Crippen LogP contribution in [0.1, 0.15) is 36.2 Å². The molecule has 0 radical (unpaired) electrons. The van der Waals surface area contributed by atoms with E-state index in [1.165, 1.54) is 11.1 Å². The van der Waals surface area contributed by atoms with Crippen LogP contribution in [0.15, 0.2) is 36.0 Å². The molecule has 0 aliphatic rings. The summed E-state index contributed by atoms with van der Waals surface area (Å²) in [4.78, 5) is 5.31. The van der Waals surface area contributed by atoms with Crippen molar-refractivity contribution in [3.05, 3.63) is 52.2 Å². The molecule has 2 aromatic rings. The first-order valence-electron chi connectivity index (χ1n) is 6.66. The van der Waals surface area contributed by atoms with E-state index in [2.05, 4.69) is 34.7 Å². The minimum absolute atomic E-state index is 0.172. The predicted molar refractivity (Wildman–Crippen MR) is 77.9 cm³/mol. The van der Waals surface area contributed by atoms with Crippen molar-refractivity contribution in [2.24, 2.45) is 0 Å². The normalized spacial score (nSPS) is 12.5. The molecule has 0 bridgehead atoms. The molecule has 0 spiro atoms. The number of hydrogen-bond donors (Lipinski definition) is 1. The van der Waals surface area contributed by atoms with Crippen LogP contribution in [0, 0.1) is 5.82 Å². The first-order valence-corrected chi connectivity index (χ1v) is 7.53. The molecule has 0 amide bonds. The second-order valence-corrected chi connectivity index (χ2v) is 5.59. The molecule has 2 rings (SSSR count). The highest BCUT2D eigenvalue weighted by atomic mass is 32.1. The van der Waals surface area contributed by atoms with E-state index in [9.17, 15) is 4.39 Å². The lowest BCUT2D eigenvalue weighted by Gasteiger charge is -2.18. The van der Waals surface area contributed by atoms with Crippen molar-refractivity contribution in [1.82, 2.24) is 10.3 Å². The van der Waals surface area contributed by atoms with E-state index >= 15 is 0 Å². The van der Waals surface area contributed by atoms with E-state index in [0.29, 0.717) is 0 Å². The lowest BCUT2D eigenvalue weighted by Crippen LogP contribution is -2.23. The summed E-state index contributed by atoms with van der Waals surface area (Å²) in [6.07, 6.45) is 6.05.